The van der Waals surface area contributed by atoms with Crippen molar-refractivity contribution in [3.05, 3.63) is 63.9 Å². The Bertz CT molecular complexity index is 866. The molecule has 2 aromatic heterocycles. The lowest BCUT2D eigenvalue weighted by molar-refractivity contribution is -0.384. The average molecular weight is 331 g/mol. The molecule has 0 aliphatic rings. The molecule has 0 unspecified atom stereocenters. The molecule has 9 heteroatoms. The van der Waals surface area contributed by atoms with Gasteiger partial charge in [-0.15, -0.1) is 0 Å². The predicted molar refractivity (Wildman–Crippen MR) is 85.3 cm³/mol. The van der Waals surface area contributed by atoms with E-state index in [1.807, 2.05) is 13.0 Å². The lowest BCUT2D eigenvalue weighted by Crippen LogP contribution is -2.07. The van der Waals surface area contributed by atoms with Crippen molar-refractivity contribution >= 4 is 28.8 Å². The first kappa shape index (κ1) is 14.9. The zero-order valence-corrected chi connectivity index (χ0v) is 12.7. The van der Waals surface area contributed by atoms with Crippen LogP contribution in [0.25, 0.3) is 5.82 Å². The van der Waals surface area contributed by atoms with Crippen LogP contribution in [-0.4, -0.2) is 24.4 Å². The second-order valence-electron chi connectivity index (χ2n) is 4.71. The Morgan fingerprint density at radius 1 is 1.35 bits per heavy atom. The van der Waals surface area contributed by atoms with Gasteiger partial charge in [-0.2, -0.15) is 0 Å². The Balaban J connectivity index is 2.11. The summed E-state index contributed by atoms with van der Waals surface area (Å²) in [5.74, 6) is 0.212. The molecule has 3 rings (SSSR count). The van der Waals surface area contributed by atoms with Crippen molar-refractivity contribution in [2.45, 2.75) is 6.92 Å². The molecule has 0 aliphatic carbocycles. The second kappa shape index (κ2) is 6.01. The normalized spacial score (nSPS) is 10.5. The smallest absolute Gasteiger partial charge is 0.334 e. The topological polar surface area (TPSA) is 98.8 Å². The Hall–Kier alpha value is -3.00. The van der Waals surface area contributed by atoms with E-state index in [1.54, 1.807) is 18.3 Å². The van der Waals surface area contributed by atoms with Gasteiger partial charge in [0.1, 0.15) is 12.7 Å². The SMILES string of the molecule is Cc1ccc(Cl)cc1Nc1ncnc(-n2ccnc2)c1[N+](=O)[O-]. The highest BCUT2D eigenvalue weighted by Crippen LogP contribution is 2.31. The highest BCUT2D eigenvalue weighted by atomic mass is 35.5. The Kier molecular flexibility index (Phi) is 3.90. The number of nitro groups is 1. The number of imidazole rings is 1. The first-order valence-electron chi connectivity index (χ1n) is 6.57. The van der Waals surface area contributed by atoms with Gasteiger partial charge < -0.3 is 5.32 Å². The summed E-state index contributed by atoms with van der Waals surface area (Å²) in [7, 11) is 0. The van der Waals surface area contributed by atoms with E-state index in [2.05, 4.69) is 20.3 Å². The Labute approximate surface area is 135 Å². The minimum Gasteiger partial charge on any atom is -0.334 e. The molecule has 23 heavy (non-hydrogen) atoms. The summed E-state index contributed by atoms with van der Waals surface area (Å²) in [5, 5.41) is 15.0. The van der Waals surface area contributed by atoms with Gasteiger partial charge in [-0.3, -0.25) is 14.7 Å². The van der Waals surface area contributed by atoms with E-state index in [0.717, 1.165) is 5.56 Å². The van der Waals surface area contributed by atoms with Crippen molar-refractivity contribution in [1.29, 1.82) is 0 Å². The number of benzene rings is 1. The number of rotatable bonds is 4. The van der Waals surface area contributed by atoms with Crippen molar-refractivity contribution in [3.63, 3.8) is 0 Å². The number of aryl methyl sites for hydroxylation is 1. The summed E-state index contributed by atoms with van der Waals surface area (Å²) >= 11 is 5.98. The number of nitrogens with zero attached hydrogens (tertiary/aromatic N) is 5. The molecule has 0 amide bonds. The van der Waals surface area contributed by atoms with E-state index < -0.39 is 4.92 Å². The third kappa shape index (κ3) is 2.97. The molecule has 0 saturated carbocycles. The van der Waals surface area contributed by atoms with Gasteiger partial charge in [0.2, 0.25) is 11.6 Å². The molecule has 1 aromatic carbocycles. The third-order valence-corrected chi connectivity index (χ3v) is 3.42. The highest BCUT2D eigenvalue weighted by Gasteiger charge is 2.24. The van der Waals surface area contributed by atoms with Crippen molar-refractivity contribution < 1.29 is 4.92 Å². The Morgan fingerprint density at radius 3 is 2.87 bits per heavy atom. The standard InChI is InChI=1S/C14H11ClN6O2/c1-9-2-3-10(15)6-11(9)19-13-12(21(22)23)14(18-7-17-13)20-5-4-16-8-20/h2-8H,1H3,(H,17,18,19). The molecule has 3 aromatic rings. The van der Waals surface area contributed by atoms with Crippen molar-refractivity contribution in [2.75, 3.05) is 5.32 Å². The number of nitrogens with one attached hydrogen (secondary N) is 1. The molecule has 0 atom stereocenters. The van der Waals surface area contributed by atoms with Gasteiger partial charge in [0, 0.05) is 23.1 Å². The van der Waals surface area contributed by atoms with Crippen molar-refractivity contribution in [2.24, 2.45) is 0 Å². The van der Waals surface area contributed by atoms with Gasteiger partial charge in [-0.1, -0.05) is 17.7 Å². The van der Waals surface area contributed by atoms with E-state index in [0.29, 0.717) is 10.7 Å². The minimum absolute atomic E-state index is 0.0825. The van der Waals surface area contributed by atoms with Gasteiger partial charge in [0.15, 0.2) is 0 Å². The van der Waals surface area contributed by atoms with Crippen LogP contribution in [0.3, 0.4) is 0 Å². The van der Waals surface area contributed by atoms with Crippen LogP contribution in [0.15, 0.2) is 43.2 Å². The predicted octanol–water partition coefficient (Wildman–Crippen LogP) is 3.28. The fourth-order valence-corrected chi connectivity index (χ4v) is 2.23. The fourth-order valence-electron chi connectivity index (χ4n) is 2.06. The first-order valence-corrected chi connectivity index (χ1v) is 6.95. The monoisotopic (exact) mass is 330 g/mol. The zero-order valence-electron chi connectivity index (χ0n) is 12.0. The van der Waals surface area contributed by atoms with Gasteiger partial charge in [-0.05, 0) is 24.6 Å². The molecule has 8 nitrogen and oxygen atoms in total. The molecule has 116 valence electrons. The molecule has 0 bridgehead atoms. The van der Waals surface area contributed by atoms with E-state index in [1.165, 1.54) is 23.4 Å². The van der Waals surface area contributed by atoms with Gasteiger partial charge in [-0.25, -0.2) is 15.0 Å². The molecule has 0 spiro atoms. The van der Waals surface area contributed by atoms with Crippen molar-refractivity contribution in [1.82, 2.24) is 19.5 Å². The van der Waals surface area contributed by atoms with Gasteiger partial charge in [0.05, 0.1) is 4.92 Å². The summed E-state index contributed by atoms with van der Waals surface area (Å²) in [6.45, 7) is 1.86. The van der Waals surface area contributed by atoms with E-state index >= 15 is 0 Å². The summed E-state index contributed by atoms with van der Waals surface area (Å²) < 4.78 is 1.45. The maximum atomic E-state index is 11.5. The molecule has 1 N–H and O–H groups in total. The van der Waals surface area contributed by atoms with Crippen LogP contribution in [0.2, 0.25) is 5.02 Å². The third-order valence-electron chi connectivity index (χ3n) is 3.19. The van der Waals surface area contributed by atoms with Crippen LogP contribution in [0.1, 0.15) is 5.56 Å². The molecular weight excluding hydrogens is 320 g/mol. The van der Waals surface area contributed by atoms with Crippen LogP contribution >= 0.6 is 11.6 Å². The molecule has 0 fully saturated rings. The Morgan fingerprint density at radius 2 is 2.17 bits per heavy atom. The second-order valence-corrected chi connectivity index (χ2v) is 5.14. The summed E-state index contributed by atoms with van der Waals surface area (Å²) in [4.78, 5) is 22.8. The summed E-state index contributed by atoms with van der Waals surface area (Å²) in [5.41, 5.74) is 1.27. The number of halogens is 1. The average Bonchev–Trinajstić information content (AvgIpc) is 3.04. The van der Waals surface area contributed by atoms with Crippen LogP contribution < -0.4 is 5.32 Å². The van der Waals surface area contributed by atoms with Crippen LogP contribution in [-0.2, 0) is 0 Å². The van der Waals surface area contributed by atoms with Crippen LogP contribution in [0, 0.1) is 17.0 Å². The highest BCUT2D eigenvalue weighted by molar-refractivity contribution is 6.30. The lowest BCUT2D eigenvalue weighted by Gasteiger charge is -2.11. The fraction of sp³-hybridized carbons (Fsp3) is 0.0714. The number of hydrogen-bond acceptors (Lipinski definition) is 6. The van der Waals surface area contributed by atoms with Crippen molar-refractivity contribution in [3.8, 4) is 5.82 Å². The lowest BCUT2D eigenvalue weighted by atomic mass is 10.2. The minimum atomic E-state index is -0.530. The van der Waals surface area contributed by atoms with E-state index in [9.17, 15) is 10.1 Å². The molecule has 0 saturated heterocycles. The molecule has 2 heterocycles. The van der Waals surface area contributed by atoms with Crippen LogP contribution in [0.4, 0.5) is 17.2 Å². The quantitative estimate of drug-likeness (QED) is 0.582. The summed E-state index contributed by atoms with van der Waals surface area (Å²) in [6.07, 6.45) is 5.78. The molecular formula is C14H11ClN6O2. The number of aromatic nitrogens is 4. The first-order chi connectivity index (χ1) is 11.1. The van der Waals surface area contributed by atoms with Crippen LogP contribution in [0.5, 0.6) is 0 Å². The maximum Gasteiger partial charge on any atom is 0.354 e. The number of anilines is 2. The maximum absolute atomic E-state index is 11.5. The van der Waals surface area contributed by atoms with E-state index in [4.69, 9.17) is 11.6 Å². The molecule has 0 radical (unpaired) electrons. The molecule has 0 aliphatic heterocycles. The van der Waals surface area contributed by atoms with E-state index in [-0.39, 0.29) is 17.3 Å². The zero-order chi connectivity index (χ0) is 16.4. The summed E-state index contributed by atoms with van der Waals surface area (Å²) in [6, 6.07) is 5.24. The van der Waals surface area contributed by atoms with Gasteiger partial charge >= 0.3 is 5.69 Å². The largest absolute Gasteiger partial charge is 0.354 e. The number of hydrogen-bond donors (Lipinski definition) is 1. The van der Waals surface area contributed by atoms with Gasteiger partial charge in [0.25, 0.3) is 0 Å².